The van der Waals surface area contributed by atoms with E-state index in [-0.39, 0.29) is 13.2 Å². The lowest BCUT2D eigenvalue weighted by molar-refractivity contribution is -0.221. The highest BCUT2D eigenvalue weighted by atomic mass is 16.7. The Morgan fingerprint density at radius 3 is 2.42 bits per heavy atom. The minimum atomic E-state index is -1.62. The number of nitrogens with zero attached hydrogens (tertiary/aromatic N) is 1. The molecule has 0 amide bonds. The maximum atomic E-state index is 9.63. The van der Waals surface area contributed by atoms with Gasteiger partial charge >= 0.3 is 0 Å². The van der Waals surface area contributed by atoms with Gasteiger partial charge in [-0.15, -0.1) is 0 Å². The average Bonchev–Trinajstić information content (AvgIpc) is 2.16. The Morgan fingerprint density at radius 1 is 1.50 bits per heavy atom. The number of rotatable bonds is 2. The van der Waals surface area contributed by atoms with Crippen LogP contribution in [0.1, 0.15) is 0 Å². The molecule has 0 radical (unpaired) electrons. The van der Waals surface area contributed by atoms with Crippen molar-refractivity contribution in [2.45, 2.75) is 18.0 Å². The second kappa shape index (κ2) is 3.27. The number of hydrogen-bond donors (Lipinski definition) is 3. The number of ether oxygens (including phenoxy) is 1. The van der Waals surface area contributed by atoms with E-state index in [9.17, 15) is 10.2 Å². The fourth-order valence-electron chi connectivity index (χ4n) is 1.30. The van der Waals surface area contributed by atoms with Crippen molar-refractivity contribution in [3.63, 3.8) is 0 Å². The standard InChI is InChI=1S/C7H15NO4/c1-8(2)4-7(11)6(10)5(9)3-12-7/h5-6,9-11H,3-4H2,1-2H3/t5-,6+,7?/m1/s1. The summed E-state index contributed by atoms with van der Waals surface area (Å²) >= 11 is 0. The molecule has 3 atom stereocenters. The molecule has 1 aliphatic heterocycles. The molecule has 1 rings (SSSR count). The van der Waals surface area contributed by atoms with E-state index < -0.39 is 18.0 Å². The molecule has 0 aromatic carbocycles. The monoisotopic (exact) mass is 177 g/mol. The Hall–Kier alpha value is -0.200. The Morgan fingerprint density at radius 2 is 2.08 bits per heavy atom. The van der Waals surface area contributed by atoms with Crippen LogP contribution in [0.4, 0.5) is 0 Å². The van der Waals surface area contributed by atoms with Gasteiger partial charge in [-0.2, -0.15) is 0 Å². The van der Waals surface area contributed by atoms with Crippen LogP contribution >= 0.6 is 0 Å². The molecule has 0 aromatic heterocycles. The van der Waals surface area contributed by atoms with Crippen LogP contribution in [0, 0.1) is 0 Å². The summed E-state index contributed by atoms with van der Waals surface area (Å²) in [5, 5.41) is 28.0. The zero-order valence-corrected chi connectivity index (χ0v) is 7.27. The summed E-state index contributed by atoms with van der Waals surface area (Å²) in [6, 6.07) is 0. The number of hydrogen-bond acceptors (Lipinski definition) is 5. The van der Waals surface area contributed by atoms with Gasteiger partial charge in [-0.1, -0.05) is 0 Å². The van der Waals surface area contributed by atoms with Crippen LogP contribution in [0.5, 0.6) is 0 Å². The third kappa shape index (κ3) is 1.75. The van der Waals surface area contributed by atoms with Crippen LogP contribution < -0.4 is 0 Å². The first-order chi connectivity index (χ1) is 5.46. The van der Waals surface area contributed by atoms with Crippen molar-refractivity contribution in [3.8, 4) is 0 Å². The minimum absolute atomic E-state index is 0.0223. The molecule has 5 nitrogen and oxygen atoms in total. The largest absolute Gasteiger partial charge is 0.388 e. The zero-order chi connectivity index (χ0) is 9.35. The highest BCUT2D eigenvalue weighted by molar-refractivity contribution is 4.90. The molecular formula is C7H15NO4. The van der Waals surface area contributed by atoms with E-state index in [1.165, 1.54) is 0 Å². The van der Waals surface area contributed by atoms with Crippen LogP contribution in [-0.4, -0.2) is 65.5 Å². The second-order valence-electron chi connectivity index (χ2n) is 3.41. The summed E-state index contributed by atoms with van der Waals surface area (Å²) in [6.45, 7) is 0.150. The summed E-state index contributed by atoms with van der Waals surface area (Å²) in [4.78, 5) is 1.68. The van der Waals surface area contributed by atoms with Crippen LogP contribution in [0.25, 0.3) is 0 Å². The van der Waals surface area contributed by atoms with Crippen molar-refractivity contribution in [1.82, 2.24) is 4.90 Å². The molecule has 12 heavy (non-hydrogen) atoms. The molecule has 1 unspecified atom stereocenters. The predicted octanol–water partition coefficient (Wildman–Crippen LogP) is -2.01. The van der Waals surface area contributed by atoms with E-state index in [0.717, 1.165) is 0 Å². The predicted molar refractivity (Wildman–Crippen MR) is 41.5 cm³/mol. The third-order valence-corrected chi connectivity index (χ3v) is 1.87. The van der Waals surface area contributed by atoms with Gasteiger partial charge in [0.15, 0.2) is 0 Å². The van der Waals surface area contributed by atoms with Gasteiger partial charge in [0, 0.05) is 0 Å². The number of aliphatic hydroxyl groups is 3. The minimum Gasteiger partial charge on any atom is -0.388 e. The Balaban J connectivity index is 2.59. The first kappa shape index (κ1) is 9.88. The van der Waals surface area contributed by atoms with Crippen LogP contribution in [0.3, 0.4) is 0 Å². The van der Waals surface area contributed by atoms with E-state index in [0.29, 0.717) is 0 Å². The fraction of sp³-hybridized carbons (Fsp3) is 1.00. The first-order valence-electron chi connectivity index (χ1n) is 3.83. The van der Waals surface area contributed by atoms with Crippen molar-refractivity contribution in [2.24, 2.45) is 0 Å². The molecule has 5 heteroatoms. The number of aliphatic hydroxyl groups excluding tert-OH is 2. The molecule has 1 fully saturated rings. The van der Waals surface area contributed by atoms with Crippen LogP contribution in [0.15, 0.2) is 0 Å². The molecule has 1 saturated heterocycles. The Labute approximate surface area is 71.2 Å². The average molecular weight is 177 g/mol. The van der Waals surface area contributed by atoms with Crippen molar-refractivity contribution in [2.75, 3.05) is 27.2 Å². The summed E-state index contributed by atoms with van der Waals surface area (Å²) < 4.78 is 4.89. The third-order valence-electron chi connectivity index (χ3n) is 1.87. The number of likely N-dealkylation sites (N-methyl/N-ethyl adjacent to an activating group) is 1. The lowest BCUT2D eigenvalue weighted by atomic mass is 10.1. The molecule has 1 aliphatic rings. The quantitative estimate of drug-likeness (QED) is 0.454. The highest BCUT2D eigenvalue weighted by Crippen LogP contribution is 2.24. The maximum Gasteiger partial charge on any atom is 0.207 e. The molecule has 0 aromatic rings. The topological polar surface area (TPSA) is 73.2 Å². The maximum absolute atomic E-state index is 9.63. The Kier molecular flexibility index (Phi) is 2.70. The van der Waals surface area contributed by atoms with E-state index in [4.69, 9.17) is 9.84 Å². The van der Waals surface area contributed by atoms with Crippen molar-refractivity contribution < 1.29 is 20.1 Å². The lowest BCUT2D eigenvalue weighted by Gasteiger charge is -2.28. The molecule has 72 valence electrons. The summed E-state index contributed by atoms with van der Waals surface area (Å²) in [6.07, 6.45) is -2.21. The molecule has 0 aliphatic carbocycles. The first-order valence-corrected chi connectivity index (χ1v) is 3.83. The molecule has 0 bridgehead atoms. The lowest BCUT2D eigenvalue weighted by Crippen LogP contribution is -2.50. The van der Waals surface area contributed by atoms with Gasteiger partial charge in [0.05, 0.1) is 13.2 Å². The van der Waals surface area contributed by atoms with Gasteiger partial charge in [0.25, 0.3) is 0 Å². The molecule has 0 saturated carbocycles. The SMILES string of the molecule is CN(C)CC1(O)OC[C@@H](O)[C@@H]1O. The van der Waals surface area contributed by atoms with Gasteiger partial charge in [-0.3, -0.25) is 0 Å². The summed E-state index contributed by atoms with van der Waals surface area (Å²) in [5.41, 5.74) is 0. The van der Waals surface area contributed by atoms with E-state index in [2.05, 4.69) is 0 Å². The van der Waals surface area contributed by atoms with E-state index in [1.807, 2.05) is 0 Å². The van der Waals surface area contributed by atoms with Gasteiger partial charge in [0.1, 0.15) is 12.2 Å². The summed E-state index contributed by atoms with van der Waals surface area (Å²) in [7, 11) is 3.50. The van der Waals surface area contributed by atoms with Gasteiger partial charge in [-0.05, 0) is 14.1 Å². The molecule has 3 N–H and O–H groups in total. The smallest absolute Gasteiger partial charge is 0.207 e. The van der Waals surface area contributed by atoms with Crippen LogP contribution in [-0.2, 0) is 4.74 Å². The van der Waals surface area contributed by atoms with Gasteiger partial charge in [-0.25, -0.2) is 0 Å². The second-order valence-corrected chi connectivity index (χ2v) is 3.41. The Bertz CT molecular complexity index is 163. The molecule has 1 heterocycles. The van der Waals surface area contributed by atoms with Crippen molar-refractivity contribution in [1.29, 1.82) is 0 Å². The van der Waals surface area contributed by atoms with Crippen molar-refractivity contribution >= 4 is 0 Å². The van der Waals surface area contributed by atoms with Crippen molar-refractivity contribution in [3.05, 3.63) is 0 Å². The van der Waals surface area contributed by atoms with Gasteiger partial charge in [0.2, 0.25) is 5.79 Å². The summed E-state index contributed by atoms with van der Waals surface area (Å²) in [5.74, 6) is -1.62. The van der Waals surface area contributed by atoms with E-state index >= 15 is 0 Å². The normalized spacial score (nSPS) is 42.5. The zero-order valence-electron chi connectivity index (χ0n) is 7.27. The molecular weight excluding hydrogens is 162 g/mol. The highest BCUT2D eigenvalue weighted by Gasteiger charge is 2.47. The van der Waals surface area contributed by atoms with Crippen LogP contribution in [0.2, 0.25) is 0 Å². The fourth-order valence-corrected chi connectivity index (χ4v) is 1.30. The van der Waals surface area contributed by atoms with E-state index in [1.54, 1.807) is 19.0 Å². The molecule has 0 spiro atoms. The van der Waals surface area contributed by atoms with Gasteiger partial charge < -0.3 is 25.0 Å².